The summed E-state index contributed by atoms with van der Waals surface area (Å²) >= 11 is 0. The molecule has 0 radical (unpaired) electrons. The Labute approximate surface area is 131 Å². The van der Waals surface area contributed by atoms with E-state index in [0.717, 1.165) is 5.56 Å². The Morgan fingerprint density at radius 2 is 2.17 bits per heavy atom. The van der Waals surface area contributed by atoms with E-state index in [4.69, 9.17) is 18.4 Å². The molecule has 0 aliphatic carbocycles. The van der Waals surface area contributed by atoms with Crippen LogP contribution in [0.3, 0.4) is 0 Å². The number of benzene rings is 1. The number of aromatic nitrogens is 2. The number of carbonyl (C=O) groups is 1. The lowest BCUT2D eigenvalue weighted by Gasteiger charge is -2.08. The lowest BCUT2D eigenvalue weighted by Crippen LogP contribution is -2.03. The van der Waals surface area contributed by atoms with Gasteiger partial charge in [-0.1, -0.05) is 11.2 Å². The summed E-state index contributed by atoms with van der Waals surface area (Å²) in [6.07, 6.45) is 1.53. The minimum absolute atomic E-state index is 0.0825. The zero-order chi connectivity index (χ0) is 16.2. The predicted octanol–water partition coefficient (Wildman–Crippen LogP) is 3.00. The van der Waals surface area contributed by atoms with Crippen LogP contribution in [0.25, 0.3) is 11.6 Å². The van der Waals surface area contributed by atoms with Gasteiger partial charge in [0.05, 0.1) is 18.9 Å². The fourth-order valence-electron chi connectivity index (χ4n) is 1.96. The van der Waals surface area contributed by atoms with Crippen molar-refractivity contribution in [2.75, 3.05) is 7.11 Å². The maximum atomic E-state index is 11.6. The van der Waals surface area contributed by atoms with Gasteiger partial charge < -0.3 is 18.4 Å². The molecule has 0 atom stereocenters. The predicted molar refractivity (Wildman–Crippen MR) is 78.9 cm³/mol. The maximum Gasteiger partial charge on any atom is 0.337 e. The van der Waals surface area contributed by atoms with Gasteiger partial charge in [0.15, 0.2) is 12.4 Å². The second-order valence-electron chi connectivity index (χ2n) is 4.75. The molecule has 0 saturated carbocycles. The Hall–Kier alpha value is -3.09. The first-order valence-electron chi connectivity index (χ1n) is 6.85. The van der Waals surface area contributed by atoms with Crippen LogP contribution in [0.4, 0.5) is 0 Å². The van der Waals surface area contributed by atoms with E-state index in [1.165, 1.54) is 13.4 Å². The van der Waals surface area contributed by atoms with Gasteiger partial charge in [0.25, 0.3) is 5.89 Å². The van der Waals surface area contributed by atoms with Crippen molar-refractivity contribution < 1.29 is 23.2 Å². The summed E-state index contributed by atoms with van der Waals surface area (Å²) in [5.74, 6) is 1.30. The Kier molecular flexibility index (Phi) is 4.09. The number of ether oxygens (including phenoxy) is 2. The third-order valence-corrected chi connectivity index (χ3v) is 3.17. The van der Waals surface area contributed by atoms with Crippen molar-refractivity contribution >= 4 is 5.97 Å². The van der Waals surface area contributed by atoms with Crippen molar-refractivity contribution in [3.05, 3.63) is 53.6 Å². The molecule has 0 fully saturated rings. The monoisotopic (exact) mass is 314 g/mol. The number of rotatable bonds is 5. The minimum Gasteiger partial charge on any atom is -0.483 e. The molecule has 118 valence electrons. The van der Waals surface area contributed by atoms with E-state index in [0.29, 0.717) is 28.8 Å². The number of furan rings is 1. The Morgan fingerprint density at radius 1 is 1.30 bits per heavy atom. The van der Waals surface area contributed by atoms with Crippen molar-refractivity contribution in [3.63, 3.8) is 0 Å². The van der Waals surface area contributed by atoms with Crippen molar-refractivity contribution in [1.29, 1.82) is 0 Å². The lowest BCUT2D eigenvalue weighted by molar-refractivity contribution is 0.0600. The van der Waals surface area contributed by atoms with E-state index in [1.807, 2.05) is 6.92 Å². The summed E-state index contributed by atoms with van der Waals surface area (Å²) in [5, 5.41) is 3.82. The van der Waals surface area contributed by atoms with Crippen LogP contribution in [0.15, 0.2) is 45.5 Å². The van der Waals surface area contributed by atoms with Crippen LogP contribution in [-0.4, -0.2) is 23.2 Å². The number of hydrogen-bond acceptors (Lipinski definition) is 7. The number of esters is 1. The van der Waals surface area contributed by atoms with Crippen molar-refractivity contribution in [1.82, 2.24) is 10.1 Å². The first-order valence-corrected chi connectivity index (χ1v) is 6.85. The summed E-state index contributed by atoms with van der Waals surface area (Å²) in [5.41, 5.74) is 1.29. The van der Waals surface area contributed by atoms with E-state index in [9.17, 15) is 4.79 Å². The molecular weight excluding hydrogens is 300 g/mol. The van der Waals surface area contributed by atoms with Gasteiger partial charge in [-0.3, -0.25) is 0 Å². The maximum absolute atomic E-state index is 11.6. The van der Waals surface area contributed by atoms with Crippen LogP contribution >= 0.6 is 0 Å². The Bertz CT molecular complexity index is 808. The molecule has 7 heteroatoms. The van der Waals surface area contributed by atoms with Crippen LogP contribution in [0.5, 0.6) is 5.75 Å². The molecule has 0 aliphatic rings. The molecule has 0 saturated heterocycles. The first-order chi connectivity index (χ1) is 11.2. The van der Waals surface area contributed by atoms with Crippen LogP contribution < -0.4 is 4.74 Å². The third kappa shape index (κ3) is 3.23. The summed E-state index contributed by atoms with van der Waals surface area (Å²) < 4.78 is 20.7. The smallest absolute Gasteiger partial charge is 0.337 e. The third-order valence-electron chi connectivity index (χ3n) is 3.17. The molecule has 0 spiro atoms. The van der Waals surface area contributed by atoms with Crippen LogP contribution in [0.1, 0.15) is 21.8 Å². The molecule has 0 unspecified atom stereocenters. The molecule has 0 N–H and O–H groups in total. The molecular formula is C16H14N2O5. The van der Waals surface area contributed by atoms with E-state index in [1.54, 1.807) is 30.3 Å². The molecule has 23 heavy (non-hydrogen) atoms. The minimum atomic E-state index is -0.423. The SMILES string of the molecule is COC(=O)c1ccc(C)c(OCc2nc(-c3ccco3)no2)c1. The molecule has 0 amide bonds. The molecule has 2 aromatic heterocycles. The van der Waals surface area contributed by atoms with Crippen LogP contribution in [0, 0.1) is 6.92 Å². The Morgan fingerprint density at radius 3 is 2.91 bits per heavy atom. The van der Waals surface area contributed by atoms with E-state index in [-0.39, 0.29) is 6.61 Å². The zero-order valence-electron chi connectivity index (χ0n) is 12.6. The summed E-state index contributed by atoms with van der Waals surface area (Å²) in [6.45, 7) is 1.96. The largest absolute Gasteiger partial charge is 0.483 e. The highest BCUT2D eigenvalue weighted by Crippen LogP contribution is 2.22. The average molecular weight is 314 g/mol. The molecule has 7 nitrogen and oxygen atoms in total. The zero-order valence-corrected chi connectivity index (χ0v) is 12.6. The first kappa shape index (κ1) is 14.8. The standard InChI is InChI=1S/C16H14N2O5/c1-10-5-6-11(16(19)20-2)8-13(10)22-9-14-17-15(18-23-14)12-4-3-7-21-12/h3-8H,9H2,1-2H3. The van der Waals surface area contributed by atoms with Crippen LogP contribution in [-0.2, 0) is 11.3 Å². The topological polar surface area (TPSA) is 87.6 Å². The second kappa shape index (κ2) is 6.35. The highest BCUT2D eigenvalue weighted by atomic mass is 16.5. The van der Waals surface area contributed by atoms with Gasteiger partial charge in [0.2, 0.25) is 5.82 Å². The summed E-state index contributed by atoms with van der Waals surface area (Å²) in [6, 6.07) is 8.55. The van der Waals surface area contributed by atoms with Gasteiger partial charge in [-0.25, -0.2) is 4.79 Å². The number of hydrogen-bond donors (Lipinski definition) is 0. The second-order valence-corrected chi connectivity index (χ2v) is 4.75. The van der Waals surface area contributed by atoms with Gasteiger partial charge in [-0.05, 0) is 36.8 Å². The van der Waals surface area contributed by atoms with Gasteiger partial charge in [-0.2, -0.15) is 4.98 Å². The van der Waals surface area contributed by atoms with Gasteiger partial charge in [-0.15, -0.1) is 0 Å². The number of methoxy groups -OCH3 is 1. The summed E-state index contributed by atoms with van der Waals surface area (Å²) in [4.78, 5) is 15.7. The van der Waals surface area contributed by atoms with Crippen molar-refractivity contribution in [3.8, 4) is 17.3 Å². The van der Waals surface area contributed by atoms with Gasteiger partial charge >= 0.3 is 5.97 Å². The molecule has 0 aliphatic heterocycles. The highest BCUT2D eigenvalue weighted by molar-refractivity contribution is 5.89. The number of nitrogens with zero attached hydrogens (tertiary/aromatic N) is 2. The fraction of sp³-hybridized carbons (Fsp3) is 0.188. The van der Waals surface area contributed by atoms with Gasteiger partial charge in [0.1, 0.15) is 5.75 Å². The van der Waals surface area contributed by atoms with Gasteiger partial charge in [0, 0.05) is 0 Å². The van der Waals surface area contributed by atoms with Crippen LogP contribution in [0.2, 0.25) is 0 Å². The van der Waals surface area contributed by atoms with E-state index in [2.05, 4.69) is 10.1 Å². The van der Waals surface area contributed by atoms with Crippen molar-refractivity contribution in [2.24, 2.45) is 0 Å². The molecule has 0 bridgehead atoms. The molecule has 3 aromatic rings. The van der Waals surface area contributed by atoms with Crippen molar-refractivity contribution in [2.45, 2.75) is 13.5 Å². The average Bonchev–Trinajstić information content (AvgIpc) is 3.24. The van der Waals surface area contributed by atoms with E-state index < -0.39 is 5.97 Å². The Balaban J connectivity index is 1.72. The highest BCUT2D eigenvalue weighted by Gasteiger charge is 2.13. The number of aryl methyl sites for hydroxylation is 1. The number of carbonyl (C=O) groups excluding carboxylic acids is 1. The van der Waals surface area contributed by atoms with E-state index >= 15 is 0 Å². The quantitative estimate of drug-likeness (QED) is 0.669. The molecule has 1 aromatic carbocycles. The molecule has 2 heterocycles. The molecule has 3 rings (SSSR count). The normalized spacial score (nSPS) is 10.5. The fourth-order valence-corrected chi connectivity index (χ4v) is 1.96. The lowest BCUT2D eigenvalue weighted by atomic mass is 10.1. The summed E-state index contributed by atoms with van der Waals surface area (Å²) in [7, 11) is 1.33.